The molecular weight excluding hydrogens is 356 g/mol. The van der Waals surface area contributed by atoms with E-state index in [9.17, 15) is 5.21 Å². The molecule has 0 aliphatic rings. The van der Waals surface area contributed by atoms with Crippen LogP contribution in [0.2, 0.25) is 0 Å². The van der Waals surface area contributed by atoms with Crippen LogP contribution in [0.15, 0.2) is 71.9 Å². The number of aromatic nitrogens is 2. The Morgan fingerprint density at radius 3 is 2.43 bits per heavy atom. The van der Waals surface area contributed by atoms with Gasteiger partial charge in [0.15, 0.2) is 11.7 Å². The monoisotopic (exact) mass is 374 g/mol. The van der Waals surface area contributed by atoms with Gasteiger partial charge in [-0.3, -0.25) is 0 Å². The summed E-state index contributed by atoms with van der Waals surface area (Å²) in [6, 6.07) is 20.3. The smallest absolute Gasteiger partial charge is 0.180 e. The first kappa shape index (κ1) is 17.4. The highest BCUT2D eigenvalue weighted by Crippen LogP contribution is 2.35. The first-order valence-electron chi connectivity index (χ1n) is 8.56. The molecule has 0 atom stereocenters. The van der Waals surface area contributed by atoms with Crippen LogP contribution in [0.25, 0.3) is 33.5 Å². The molecule has 0 saturated heterocycles. The number of rotatable bonds is 4. The molecule has 7 nitrogen and oxygen atoms in total. The van der Waals surface area contributed by atoms with Crippen molar-refractivity contribution in [1.29, 1.82) is 0 Å². The van der Waals surface area contributed by atoms with Gasteiger partial charge >= 0.3 is 0 Å². The molecule has 140 valence electrons. The maximum absolute atomic E-state index is 10.6. The Bertz CT molecular complexity index is 1180. The number of para-hydroxylation sites is 2. The maximum Gasteiger partial charge on any atom is 0.180 e. The molecule has 0 unspecified atom stereocenters. The molecule has 4 rings (SSSR count). The van der Waals surface area contributed by atoms with Crippen LogP contribution in [0.1, 0.15) is 5.56 Å². The molecule has 0 saturated carbocycles. The van der Waals surface area contributed by atoms with Gasteiger partial charge in [0, 0.05) is 5.56 Å². The van der Waals surface area contributed by atoms with Crippen LogP contribution in [0.3, 0.4) is 0 Å². The number of benzene rings is 3. The minimum Gasteiger partial charge on any atom is -0.496 e. The molecule has 0 amide bonds. The number of fused-ring (bicyclic) bond motifs is 1. The summed E-state index contributed by atoms with van der Waals surface area (Å²) in [5.41, 5.74) is 10.1. The van der Waals surface area contributed by atoms with Crippen molar-refractivity contribution in [2.24, 2.45) is 10.9 Å². The number of methoxy groups -OCH3 is 1. The van der Waals surface area contributed by atoms with Gasteiger partial charge in [-0.25, -0.2) is 4.98 Å². The van der Waals surface area contributed by atoms with Gasteiger partial charge < -0.3 is 20.9 Å². The molecule has 3 aromatic carbocycles. The number of hydrogen-bond donors (Lipinski definition) is 3. The molecule has 0 radical (unpaired) electrons. The summed E-state index contributed by atoms with van der Waals surface area (Å²) in [4.78, 5) is 4.55. The molecule has 0 fully saturated rings. The van der Waals surface area contributed by atoms with Gasteiger partial charge in [0.1, 0.15) is 11.3 Å². The summed E-state index contributed by atoms with van der Waals surface area (Å²) >= 11 is 0. The van der Waals surface area contributed by atoms with Gasteiger partial charge in [-0.1, -0.05) is 47.6 Å². The van der Waals surface area contributed by atoms with Crippen LogP contribution < -0.4 is 10.5 Å². The molecule has 4 aromatic rings. The Morgan fingerprint density at radius 2 is 1.75 bits per heavy atom. The van der Waals surface area contributed by atoms with Crippen molar-refractivity contribution in [3.63, 3.8) is 0 Å². The fourth-order valence-corrected chi connectivity index (χ4v) is 3.14. The number of amidine groups is 1. The lowest BCUT2D eigenvalue weighted by molar-refractivity contribution is 0.202. The average molecular weight is 374 g/mol. The maximum atomic E-state index is 10.6. The van der Waals surface area contributed by atoms with Crippen molar-refractivity contribution >= 4 is 16.9 Å². The molecular formula is C21H18N4O3. The largest absolute Gasteiger partial charge is 0.496 e. The van der Waals surface area contributed by atoms with E-state index in [2.05, 4.69) is 10.1 Å². The predicted molar refractivity (Wildman–Crippen MR) is 107 cm³/mol. The highest BCUT2D eigenvalue weighted by molar-refractivity contribution is 5.97. The molecule has 28 heavy (non-hydrogen) atoms. The van der Waals surface area contributed by atoms with Crippen molar-refractivity contribution in [1.82, 2.24) is 9.71 Å². The van der Waals surface area contributed by atoms with E-state index >= 15 is 0 Å². The van der Waals surface area contributed by atoms with E-state index in [4.69, 9.17) is 15.7 Å². The zero-order valence-corrected chi connectivity index (χ0v) is 15.1. The van der Waals surface area contributed by atoms with Gasteiger partial charge in [-0.15, -0.1) is 0 Å². The Kier molecular flexibility index (Phi) is 4.33. The van der Waals surface area contributed by atoms with Gasteiger partial charge in [0.25, 0.3) is 0 Å². The SMILES string of the molecule is COc1ccc(-c2ccc(/C(N)=N/O)cc2)cc1-c1nc2ccccc2n1O. The van der Waals surface area contributed by atoms with E-state index in [1.165, 1.54) is 0 Å². The quantitative estimate of drug-likeness (QED) is 0.166. The minimum atomic E-state index is 0.0518. The molecule has 1 aromatic heterocycles. The van der Waals surface area contributed by atoms with Crippen LogP contribution in [0.4, 0.5) is 0 Å². The third kappa shape index (κ3) is 2.88. The average Bonchev–Trinajstić information content (AvgIpc) is 3.09. The molecule has 0 aliphatic heterocycles. The van der Waals surface area contributed by atoms with Crippen LogP contribution in [0.5, 0.6) is 5.75 Å². The summed E-state index contributed by atoms with van der Waals surface area (Å²) in [6.45, 7) is 0. The zero-order valence-electron chi connectivity index (χ0n) is 15.1. The number of nitrogens with two attached hydrogens (primary N) is 1. The van der Waals surface area contributed by atoms with Crippen LogP contribution in [-0.4, -0.2) is 33.1 Å². The summed E-state index contributed by atoms with van der Waals surface area (Å²) in [6.07, 6.45) is 0. The lowest BCUT2D eigenvalue weighted by atomic mass is 10.0. The number of oxime groups is 1. The second kappa shape index (κ2) is 6.96. The van der Waals surface area contributed by atoms with E-state index in [-0.39, 0.29) is 5.84 Å². The Morgan fingerprint density at radius 1 is 1.04 bits per heavy atom. The molecule has 4 N–H and O–H groups in total. The number of hydrogen-bond acceptors (Lipinski definition) is 5. The van der Waals surface area contributed by atoms with Crippen LogP contribution in [0, 0.1) is 0 Å². The molecule has 1 heterocycles. The third-order valence-corrected chi connectivity index (χ3v) is 4.60. The van der Waals surface area contributed by atoms with E-state index in [0.717, 1.165) is 15.9 Å². The van der Waals surface area contributed by atoms with Crippen LogP contribution in [-0.2, 0) is 0 Å². The zero-order chi connectivity index (χ0) is 19.7. The van der Waals surface area contributed by atoms with E-state index < -0.39 is 0 Å². The van der Waals surface area contributed by atoms with Crippen LogP contribution >= 0.6 is 0 Å². The van der Waals surface area contributed by atoms with Gasteiger partial charge in [-0.05, 0) is 35.4 Å². The molecule has 7 heteroatoms. The fraction of sp³-hybridized carbons (Fsp3) is 0.0476. The predicted octanol–water partition coefficient (Wildman–Crippen LogP) is 3.71. The van der Waals surface area contributed by atoms with Gasteiger partial charge in [0.05, 0.1) is 18.2 Å². The van der Waals surface area contributed by atoms with E-state index in [1.807, 2.05) is 48.5 Å². The topological polar surface area (TPSA) is 106 Å². The van der Waals surface area contributed by atoms with Crippen molar-refractivity contribution in [2.45, 2.75) is 0 Å². The minimum absolute atomic E-state index is 0.0518. The summed E-state index contributed by atoms with van der Waals surface area (Å²) < 4.78 is 6.55. The first-order chi connectivity index (χ1) is 13.6. The highest BCUT2D eigenvalue weighted by atomic mass is 16.5. The van der Waals surface area contributed by atoms with Crippen molar-refractivity contribution in [3.8, 4) is 28.3 Å². The van der Waals surface area contributed by atoms with Crippen molar-refractivity contribution < 1.29 is 15.2 Å². The normalized spacial score (nSPS) is 11.7. The molecule has 0 spiro atoms. The number of imidazole rings is 1. The number of ether oxygens (including phenoxy) is 1. The first-order valence-corrected chi connectivity index (χ1v) is 8.56. The summed E-state index contributed by atoms with van der Waals surface area (Å²) in [7, 11) is 1.58. The van der Waals surface area contributed by atoms with Gasteiger partial charge in [-0.2, -0.15) is 4.73 Å². The Hall–Kier alpha value is -4.00. The highest BCUT2D eigenvalue weighted by Gasteiger charge is 2.17. The molecule has 0 aliphatic carbocycles. The Labute approximate surface area is 160 Å². The van der Waals surface area contributed by atoms with E-state index in [1.54, 1.807) is 25.3 Å². The van der Waals surface area contributed by atoms with E-state index in [0.29, 0.717) is 33.7 Å². The Balaban J connectivity index is 1.83. The fourth-order valence-electron chi connectivity index (χ4n) is 3.14. The summed E-state index contributed by atoms with van der Waals surface area (Å²) in [5.74, 6) is 1.05. The van der Waals surface area contributed by atoms with Crippen molar-refractivity contribution in [2.75, 3.05) is 7.11 Å². The second-order valence-electron chi connectivity index (χ2n) is 6.21. The standard InChI is InChI=1S/C21H18N4O3/c1-28-19-11-10-15(13-6-8-14(9-7-13)20(22)24-26)12-16(19)21-23-17-4-2-3-5-18(17)25(21)27/h2-12,26-27H,1H3,(H2,22,24). The number of nitrogens with zero attached hydrogens (tertiary/aromatic N) is 3. The lowest BCUT2D eigenvalue weighted by Gasteiger charge is -2.11. The van der Waals surface area contributed by atoms with Gasteiger partial charge in [0.2, 0.25) is 0 Å². The second-order valence-corrected chi connectivity index (χ2v) is 6.21. The third-order valence-electron chi connectivity index (χ3n) is 4.60. The van der Waals surface area contributed by atoms with Crippen molar-refractivity contribution in [3.05, 3.63) is 72.3 Å². The lowest BCUT2D eigenvalue weighted by Crippen LogP contribution is -2.12. The molecule has 0 bridgehead atoms. The summed E-state index contributed by atoms with van der Waals surface area (Å²) in [5, 5.41) is 22.4.